The molecule has 3 heteroatoms. The maximum atomic E-state index is 12.4. The van der Waals surface area contributed by atoms with Gasteiger partial charge in [-0.3, -0.25) is 4.79 Å². The van der Waals surface area contributed by atoms with Crippen molar-refractivity contribution in [2.75, 3.05) is 6.54 Å². The molecular weight excluding hydrogens is 332 g/mol. The normalized spacial score (nSPS) is 10.9. The van der Waals surface area contributed by atoms with Gasteiger partial charge in [0.25, 0.3) is 5.91 Å². The van der Waals surface area contributed by atoms with E-state index in [1.165, 1.54) is 16.6 Å². The lowest BCUT2D eigenvalue weighted by Gasteiger charge is -2.10. The lowest BCUT2D eigenvalue weighted by Crippen LogP contribution is -2.27. The van der Waals surface area contributed by atoms with E-state index in [1.807, 2.05) is 54.6 Å². The zero-order valence-electron chi connectivity index (χ0n) is 15.4. The molecule has 0 bridgehead atoms. The van der Waals surface area contributed by atoms with Gasteiger partial charge in [0, 0.05) is 29.9 Å². The van der Waals surface area contributed by atoms with Gasteiger partial charge in [0.15, 0.2) is 0 Å². The summed E-state index contributed by atoms with van der Waals surface area (Å²) in [4.78, 5) is 12.4. The Bertz CT molecular complexity index is 1060. The summed E-state index contributed by atoms with van der Waals surface area (Å²) in [5.74, 6) is -0.0382. The van der Waals surface area contributed by atoms with E-state index >= 15 is 0 Å². The van der Waals surface area contributed by atoms with E-state index in [2.05, 4.69) is 47.1 Å². The van der Waals surface area contributed by atoms with Crippen LogP contribution >= 0.6 is 0 Å². The third kappa shape index (κ3) is 3.63. The zero-order chi connectivity index (χ0) is 18.6. The van der Waals surface area contributed by atoms with Crippen molar-refractivity contribution in [2.45, 2.75) is 13.5 Å². The molecule has 0 atom stereocenters. The highest BCUT2D eigenvalue weighted by Crippen LogP contribution is 2.20. The maximum Gasteiger partial charge on any atom is 0.251 e. The third-order valence-corrected chi connectivity index (χ3v) is 4.89. The maximum absolute atomic E-state index is 12.4. The summed E-state index contributed by atoms with van der Waals surface area (Å²) in [6, 6.07) is 28.4. The van der Waals surface area contributed by atoms with Crippen LogP contribution in [0.25, 0.3) is 22.0 Å². The zero-order valence-corrected chi connectivity index (χ0v) is 15.4. The molecule has 0 aliphatic heterocycles. The van der Waals surface area contributed by atoms with Crippen molar-refractivity contribution in [3.05, 3.63) is 96.2 Å². The molecule has 3 aromatic carbocycles. The van der Waals surface area contributed by atoms with Crippen molar-refractivity contribution in [1.82, 2.24) is 9.88 Å². The van der Waals surface area contributed by atoms with Crippen molar-refractivity contribution in [3.8, 4) is 11.1 Å². The number of carbonyl (C=O) groups is 1. The third-order valence-electron chi connectivity index (χ3n) is 4.89. The smallest absolute Gasteiger partial charge is 0.251 e. The Morgan fingerprint density at radius 2 is 1.52 bits per heavy atom. The van der Waals surface area contributed by atoms with Crippen LogP contribution < -0.4 is 5.32 Å². The summed E-state index contributed by atoms with van der Waals surface area (Å²) in [5.41, 5.74) is 5.36. The van der Waals surface area contributed by atoms with Gasteiger partial charge < -0.3 is 9.88 Å². The Hall–Kier alpha value is -3.33. The Morgan fingerprint density at radius 1 is 0.852 bits per heavy atom. The van der Waals surface area contributed by atoms with E-state index in [1.54, 1.807) is 0 Å². The number of nitrogens with zero attached hydrogens (tertiary/aromatic N) is 1. The second kappa shape index (κ2) is 7.50. The highest BCUT2D eigenvalue weighted by molar-refractivity contribution is 5.94. The second-order valence-corrected chi connectivity index (χ2v) is 6.70. The second-order valence-electron chi connectivity index (χ2n) is 6.70. The molecule has 0 unspecified atom stereocenters. The molecule has 0 saturated heterocycles. The molecule has 1 N–H and O–H groups in total. The average Bonchev–Trinajstić information content (AvgIpc) is 3.04. The van der Waals surface area contributed by atoms with Crippen molar-refractivity contribution < 1.29 is 4.79 Å². The fourth-order valence-corrected chi connectivity index (χ4v) is 3.47. The Morgan fingerprint density at radius 3 is 2.30 bits per heavy atom. The van der Waals surface area contributed by atoms with E-state index in [9.17, 15) is 4.79 Å². The van der Waals surface area contributed by atoms with Crippen LogP contribution in [0.15, 0.2) is 84.9 Å². The molecule has 134 valence electrons. The Kier molecular flexibility index (Phi) is 4.75. The largest absolute Gasteiger partial charge is 0.350 e. The minimum atomic E-state index is -0.0382. The van der Waals surface area contributed by atoms with Crippen LogP contribution in [-0.2, 0) is 6.54 Å². The number of aryl methyl sites for hydroxylation is 1. The molecule has 1 heterocycles. The predicted octanol–water partition coefficient (Wildman–Crippen LogP) is 5.05. The number of fused-ring (bicyclic) bond motifs is 1. The molecule has 1 amide bonds. The first-order chi connectivity index (χ1) is 13.2. The Labute approximate surface area is 159 Å². The number of aromatic nitrogens is 1. The van der Waals surface area contributed by atoms with Gasteiger partial charge in [-0.15, -0.1) is 0 Å². The van der Waals surface area contributed by atoms with Crippen molar-refractivity contribution in [1.29, 1.82) is 0 Å². The summed E-state index contributed by atoms with van der Waals surface area (Å²) >= 11 is 0. The number of hydrogen-bond donors (Lipinski definition) is 1. The molecule has 1 aromatic heterocycles. The van der Waals surface area contributed by atoms with E-state index in [-0.39, 0.29) is 5.91 Å². The topological polar surface area (TPSA) is 34.0 Å². The van der Waals surface area contributed by atoms with Gasteiger partial charge >= 0.3 is 0 Å². The molecule has 0 aliphatic carbocycles. The quantitative estimate of drug-likeness (QED) is 0.535. The standard InChI is InChI=1S/C24H22N2O/c1-18-17-22-9-5-6-10-23(22)26(18)16-15-25-24(27)21-13-11-20(12-14-21)19-7-3-2-4-8-19/h2-14,17H,15-16H2,1H3,(H,25,27). The highest BCUT2D eigenvalue weighted by Gasteiger charge is 2.08. The fraction of sp³-hybridized carbons (Fsp3) is 0.125. The first-order valence-electron chi connectivity index (χ1n) is 9.21. The molecule has 0 spiro atoms. The van der Waals surface area contributed by atoms with Gasteiger partial charge in [-0.25, -0.2) is 0 Å². The van der Waals surface area contributed by atoms with Crippen LogP contribution in [0.1, 0.15) is 16.1 Å². The van der Waals surface area contributed by atoms with Gasteiger partial charge in [-0.05, 0) is 47.7 Å². The summed E-state index contributed by atoms with van der Waals surface area (Å²) in [6.45, 7) is 3.45. The average molecular weight is 354 g/mol. The number of benzene rings is 3. The Balaban J connectivity index is 1.40. The van der Waals surface area contributed by atoms with Crippen LogP contribution in [0.5, 0.6) is 0 Å². The lowest BCUT2D eigenvalue weighted by molar-refractivity contribution is 0.0952. The summed E-state index contributed by atoms with van der Waals surface area (Å²) in [6.07, 6.45) is 0. The minimum absolute atomic E-state index is 0.0382. The van der Waals surface area contributed by atoms with Crippen molar-refractivity contribution in [2.24, 2.45) is 0 Å². The summed E-state index contributed by atoms with van der Waals surface area (Å²) < 4.78 is 2.24. The van der Waals surface area contributed by atoms with Crippen molar-refractivity contribution in [3.63, 3.8) is 0 Å². The van der Waals surface area contributed by atoms with Gasteiger partial charge in [0.2, 0.25) is 0 Å². The summed E-state index contributed by atoms with van der Waals surface area (Å²) in [5, 5.41) is 4.26. The van der Waals surface area contributed by atoms with Crippen LogP contribution in [0.2, 0.25) is 0 Å². The van der Waals surface area contributed by atoms with Gasteiger partial charge in [-0.1, -0.05) is 60.7 Å². The molecule has 0 aliphatic rings. The van der Waals surface area contributed by atoms with Crippen LogP contribution in [0.4, 0.5) is 0 Å². The first kappa shape index (κ1) is 17.1. The van der Waals surface area contributed by atoms with E-state index in [0.717, 1.165) is 17.7 Å². The first-order valence-corrected chi connectivity index (χ1v) is 9.21. The van der Waals surface area contributed by atoms with E-state index < -0.39 is 0 Å². The highest BCUT2D eigenvalue weighted by atomic mass is 16.1. The van der Waals surface area contributed by atoms with Gasteiger partial charge in [0.05, 0.1) is 0 Å². The van der Waals surface area contributed by atoms with Gasteiger partial charge in [-0.2, -0.15) is 0 Å². The number of para-hydroxylation sites is 1. The van der Waals surface area contributed by atoms with Crippen LogP contribution in [0, 0.1) is 6.92 Å². The number of amides is 1. The molecule has 3 nitrogen and oxygen atoms in total. The number of nitrogens with one attached hydrogen (secondary N) is 1. The number of hydrogen-bond acceptors (Lipinski definition) is 1. The molecular formula is C24H22N2O. The number of carbonyl (C=O) groups excluding carboxylic acids is 1. The summed E-state index contributed by atoms with van der Waals surface area (Å²) in [7, 11) is 0. The van der Waals surface area contributed by atoms with Gasteiger partial charge in [0.1, 0.15) is 0 Å². The molecule has 27 heavy (non-hydrogen) atoms. The van der Waals surface area contributed by atoms with Crippen LogP contribution in [0.3, 0.4) is 0 Å². The van der Waals surface area contributed by atoms with Crippen molar-refractivity contribution >= 4 is 16.8 Å². The fourth-order valence-electron chi connectivity index (χ4n) is 3.47. The minimum Gasteiger partial charge on any atom is -0.350 e. The molecule has 4 rings (SSSR count). The predicted molar refractivity (Wildman–Crippen MR) is 111 cm³/mol. The number of rotatable bonds is 5. The van der Waals surface area contributed by atoms with E-state index in [4.69, 9.17) is 0 Å². The van der Waals surface area contributed by atoms with E-state index in [0.29, 0.717) is 12.1 Å². The van der Waals surface area contributed by atoms with Crippen LogP contribution in [-0.4, -0.2) is 17.0 Å². The molecule has 4 aromatic rings. The lowest BCUT2D eigenvalue weighted by atomic mass is 10.0. The molecule has 0 saturated carbocycles. The molecule has 0 radical (unpaired) electrons. The molecule has 0 fully saturated rings. The monoisotopic (exact) mass is 354 g/mol. The SMILES string of the molecule is Cc1cc2ccccc2n1CCNC(=O)c1ccc(-c2ccccc2)cc1.